The van der Waals surface area contributed by atoms with Crippen molar-refractivity contribution >= 4 is 29.0 Å². The Bertz CT molecular complexity index is 591. The quantitative estimate of drug-likeness (QED) is 0.742. The lowest BCUT2D eigenvalue weighted by Crippen LogP contribution is -2.05. The van der Waals surface area contributed by atoms with Gasteiger partial charge in [0.2, 0.25) is 0 Å². The lowest BCUT2D eigenvalue weighted by Gasteiger charge is -2.06. The summed E-state index contributed by atoms with van der Waals surface area (Å²) in [5.74, 6) is 0.0754. The molecule has 0 spiro atoms. The summed E-state index contributed by atoms with van der Waals surface area (Å²) >= 11 is 11.8. The summed E-state index contributed by atoms with van der Waals surface area (Å²) in [6.45, 7) is 1.89. The van der Waals surface area contributed by atoms with Crippen molar-refractivity contribution in [2.75, 3.05) is 0 Å². The zero-order valence-corrected chi connectivity index (χ0v) is 11.4. The second kappa shape index (κ2) is 5.55. The monoisotopic (exact) mass is 278 g/mol. The van der Waals surface area contributed by atoms with Crippen molar-refractivity contribution < 1.29 is 4.79 Å². The highest BCUT2D eigenvalue weighted by atomic mass is 35.5. The van der Waals surface area contributed by atoms with Gasteiger partial charge in [0.05, 0.1) is 0 Å². The molecule has 2 aromatic rings. The zero-order valence-electron chi connectivity index (χ0n) is 9.91. The van der Waals surface area contributed by atoms with Crippen LogP contribution in [0.5, 0.6) is 0 Å². The molecular formula is C15H12Cl2O. The van der Waals surface area contributed by atoms with Crippen LogP contribution in [0.25, 0.3) is 0 Å². The fourth-order valence-electron chi connectivity index (χ4n) is 1.87. The van der Waals surface area contributed by atoms with Gasteiger partial charge in [0.1, 0.15) is 0 Å². The van der Waals surface area contributed by atoms with E-state index in [9.17, 15) is 4.79 Å². The smallest absolute Gasteiger partial charge is 0.167 e. The van der Waals surface area contributed by atoms with Gasteiger partial charge in [-0.05, 0) is 48.4 Å². The lowest BCUT2D eigenvalue weighted by atomic mass is 9.99. The van der Waals surface area contributed by atoms with E-state index in [0.717, 1.165) is 11.1 Å². The van der Waals surface area contributed by atoms with E-state index in [4.69, 9.17) is 23.2 Å². The number of halogens is 2. The number of benzene rings is 2. The Morgan fingerprint density at radius 2 is 1.78 bits per heavy atom. The van der Waals surface area contributed by atoms with E-state index >= 15 is 0 Å². The first-order valence-corrected chi connectivity index (χ1v) is 6.35. The summed E-state index contributed by atoms with van der Waals surface area (Å²) < 4.78 is 0. The number of hydrogen-bond donors (Lipinski definition) is 0. The van der Waals surface area contributed by atoms with E-state index < -0.39 is 0 Å². The Kier molecular flexibility index (Phi) is 4.05. The van der Waals surface area contributed by atoms with E-state index in [0.29, 0.717) is 22.0 Å². The summed E-state index contributed by atoms with van der Waals surface area (Å²) in [7, 11) is 0. The molecule has 92 valence electrons. The third-order valence-electron chi connectivity index (χ3n) is 2.74. The molecule has 0 bridgehead atoms. The van der Waals surface area contributed by atoms with Crippen molar-refractivity contribution in [1.29, 1.82) is 0 Å². The molecule has 0 aliphatic heterocycles. The molecule has 0 fully saturated rings. The van der Waals surface area contributed by atoms with Crippen LogP contribution in [0.1, 0.15) is 21.5 Å². The molecule has 18 heavy (non-hydrogen) atoms. The van der Waals surface area contributed by atoms with Gasteiger partial charge in [-0.3, -0.25) is 4.79 Å². The van der Waals surface area contributed by atoms with Gasteiger partial charge in [-0.2, -0.15) is 0 Å². The molecule has 2 aromatic carbocycles. The van der Waals surface area contributed by atoms with Gasteiger partial charge < -0.3 is 0 Å². The predicted molar refractivity (Wildman–Crippen MR) is 75.7 cm³/mol. The summed E-state index contributed by atoms with van der Waals surface area (Å²) in [6.07, 6.45) is 0.350. The first kappa shape index (κ1) is 13.1. The fourth-order valence-corrected chi connectivity index (χ4v) is 2.31. The number of rotatable bonds is 3. The number of Topliss-reactive ketones (excluding diaryl/α,β-unsaturated/α-hetero) is 1. The Morgan fingerprint density at radius 1 is 1.06 bits per heavy atom. The third kappa shape index (κ3) is 3.12. The molecule has 0 aliphatic rings. The molecule has 0 aromatic heterocycles. The van der Waals surface area contributed by atoms with Crippen LogP contribution in [0.3, 0.4) is 0 Å². The summed E-state index contributed by atoms with van der Waals surface area (Å²) in [5, 5.41) is 1.29. The average Bonchev–Trinajstić information content (AvgIpc) is 2.28. The highest BCUT2D eigenvalue weighted by molar-refractivity contribution is 6.31. The SMILES string of the molecule is Cc1cc(Cl)ccc1C(=O)Cc1cccc(Cl)c1. The highest BCUT2D eigenvalue weighted by Gasteiger charge is 2.10. The Morgan fingerprint density at radius 3 is 2.44 bits per heavy atom. The van der Waals surface area contributed by atoms with Gasteiger partial charge in [0.25, 0.3) is 0 Å². The number of aryl methyl sites for hydroxylation is 1. The van der Waals surface area contributed by atoms with E-state index in [1.54, 1.807) is 24.3 Å². The molecule has 0 aliphatic carbocycles. The van der Waals surface area contributed by atoms with Crippen LogP contribution < -0.4 is 0 Å². The maximum absolute atomic E-state index is 12.2. The molecular weight excluding hydrogens is 267 g/mol. The maximum atomic E-state index is 12.2. The van der Waals surface area contributed by atoms with Crippen molar-refractivity contribution in [2.24, 2.45) is 0 Å². The van der Waals surface area contributed by atoms with Gasteiger partial charge in [-0.1, -0.05) is 35.3 Å². The molecule has 0 saturated heterocycles. The van der Waals surface area contributed by atoms with Gasteiger partial charge in [-0.25, -0.2) is 0 Å². The summed E-state index contributed by atoms with van der Waals surface area (Å²) in [4.78, 5) is 12.2. The number of hydrogen-bond acceptors (Lipinski definition) is 1. The minimum atomic E-state index is 0.0754. The second-order valence-corrected chi connectivity index (χ2v) is 5.06. The molecule has 0 heterocycles. The normalized spacial score (nSPS) is 10.4. The molecule has 0 saturated carbocycles. The lowest BCUT2D eigenvalue weighted by molar-refractivity contribution is 0.0992. The first-order chi connectivity index (χ1) is 8.56. The average molecular weight is 279 g/mol. The Labute approximate surface area is 116 Å². The van der Waals surface area contributed by atoms with Crippen molar-refractivity contribution in [2.45, 2.75) is 13.3 Å². The number of carbonyl (C=O) groups is 1. The standard InChI is InChI=1S/C15H12Cl2O/c1-10-7-13(17)5-6-14(10)15(18)9-11-3-2-4-12(16)8-11/h2-8H,9H2,1H3. The molecule has 0 amide bonds. The van der Waals surface area contributed by atoms with Crippen molar-refractivity contribution in [3.8, 4) is 0 Å². The van der Waals surface area contributed by atoms with Crippen LogP contribution in [0, 0.1) is 6.92 Å². The molecule has 0 atom stereocenters. The van der Waals surface area contributed by atoms with Crippen LogP contribution in [0.2, 0.25) is 10.0 Å². The maximum Gasteiger partial charge on any atom is 0.167 e. The molecule has 3 heteroatoms. The summed E-state index contributed by atoms with van der Waals surface area (Å²) in [6, 6.07) is 12.7. The number of ketones is 1. The fraction of sp³-hybridized carbons (Fsp3) is 0.133. The zero-order chi connectivity index (χ0) is 13.1. The van der Waals surface area contributed by atoms with Crippen LogP contribution >= 0.6 is 23.2 Å². The van der Waals surface area contributed by atoms with E-state index in [2.05, 4.69) is 0 Å². The minimum Gasteiger partial charge on any atom is -0.294 e. The van der Waals surface area contributed by atoms with Crippen molar-refractivity contribution in [3.05, 3.63) is 69.2 Å². The Balaban J connectivity index is 2.22. The first-order valence-electron chi connectivity index (χ1n) is 5.60. The van der Waals surface area contributed by atoms with Gasteiger partial charge in [-0.15, -0.1) is 0 Å². The largest absolute Gasteiger partial charge is 0.294 e. The molecule has 2 rings (SSSR count). The minimum absolute atomic E-state index is 0.0754. The van der Waals surface area contributed by atoms with E-state index in [-0.39, 0.29) is 5.78 Å². The van der Waals surface area contributed by atoms with E-state index in [1.807, 2.05) is 25.1 Å². The summed E-state index contributed by atoms with van der Waals surface area (Å²) in [5.41, 5.74) is 2.52. The van der Waals surface area contributed by atoms with E-state index in [1.165, 1.54) is 0 Å². The topological polar surface area (TPSA) is 17.1 Å². The van der Waals surface area contributed by atoms with Gasteiger partial charge >= 0.3 is 0 Å². The van der Waals surface area contributed by atoms with Gasteiger partial charge in [0.15, 0.2) is 5.78 Å². The highest BCUT2D eigenvalue weighted by Crippen LogP contribution is 2.18. The van der Waals surface area contributed by atoms with Gasteiger partial charge in [0, 0.05) is 22.0 Å². The van der Waals surface area contributed by atoms with Crippen LogP contribution in [0.4, 0.5) is 0 Å². The molecule has 0 unspecified atom stereocenters. The second-order valence-electron chi connectivity index (χ2n) is 4.19. The molecule has 1 nitrogen and oxygen atoms in total. The predicted octanol–water partition coefficient (Wildman–Crippen LogP) is 4.73. The third-order valence-corrected chi connectivity index (χ3v) is 3.21. The van der Waals surface area contributed by atoms with Crippen molar-refractivity contribution in [3.63, 3.8) is 0 Å². The van der Waals surface area contributed by atoms with Crippen LogP contribution in [-0.2, 0) is 6.42 Å². The van der Waals surface area contributed by atoms with Crippen LogP contribution in [-0.4, -0.2) is 5.78 Å². The molecule has 0 radical (unpaired) electrons. The Hall–Kier alpha value is -1.31. The van der Waals surface area contributed by atoms with Crippen LogP contribution in [0.15, 0.2) is 42.5 Å². The molecule has 0 N–H and O–H groups in total. The number of carbonyl (C=O) groups excluding carboxylic acids is 1. The van der Waals surface area contributed by atoms with Crippen molar-refractivity contribution in [1.82, 2.24) is 0 Å².